The van der Waals surface area contributed by atoms with E-state index in [0.717, 1.165) is 19.3 Å². The minimum Gasteiger partial charge on any atom is -0.393 e. The van der Waals surface area contributed by atoms with Crippen LogP contribution >= 0.6 is 0 Å². The Morgan fingerprint density at radius 3 is 2.50 bits per heavy atom. The molecule has 4 nitrogen and oxygen atoms in total. The molecular formula is C22H36O4. The lowest BCUT2D eigenvalue weighted by Crippen LogP contribution is -2.73. The summed E-state index contributed by atoms with van der Waals surface area (Å²) in [5.74, 6) is 0.918. The number of aliphatic hydroxyl groups excluding tert-OH is 2. The van der Waals surface area contributed by atoms with Gasteiger partial charge < -0.3 is 19.7 Å². The Labute approximate surface area is 158 Å². The molecule has 3 saturated carbocycles. The van der Waals surface area contributed by atoms with Crippen molar-refractivity contribution in [3.8, 4) is 0 Å². The van der Waals surface area contributed by atoms with Crippen LogP contribution in [-0.2, 0) is 9.47 Å². The van der Waals surface area contributed by atoms with Gasteiger partial charge in [-0.2, -0.15) is 0 Å². The third kappa shape index (κ3) is 2.88. The van der Waals surface area contributed by atoms with Crippen molar-refractivity contribution in [2.75, 3.05) is 13.2 Å². The smallest absolute Gasteiger partial charge is 0.176 e. The SMILES string of the molecule is CC1[C@H]2[C@H](/C=C/[C@@H](O)CC3CCCCC3)[C@@H](O)CC[C@@]2(C)C12OCCO2. The minimum atomic E-state index is -0.454. The van der Waals surface area contributed by atoms with E-state index < -0.39 is 5.79 Å². The van der Waals surface area contributed by atoms with Crippen molar-refractivity contribution in [2.24, 2.45) is 29.1 Å². The van der Waals surface area contributed by atoms with Crippen LogP contribution in [0.3, 0.4) is 0 Å². The molecule has 1 spiro atoms. The van der Waals surface area contributed by atoms with E-state index in [9.17, 15) is 10.2 Å². The van der Waals surface area contributed by atoms with Crippen LogP contribution in [0.15, 0.2) is 12.2 Å². The van der Waals surface area contributed by atoms with Crippen molar-refractivity contribution in [1.82, 2.24) is 0 Å². The van der Waals surface area contributed by atoms with E-state index in [1.54, 1.807) is 0 Å². The highest BCUT2D eigenvalue weighted by atomic mass is 16.7. The average Bonchev–Trinajstić information content (AvgIpc) is 3.16. The van der Waals surface area contributed by atoms with Crippen LogP contribution in [0.4, 0.5) is 0 Å². The lowest BCUT2D eigenvalue weighted by atomic mass is 9.42. The molecule has 0 aromatic carbocycles. The van der Waals surface area contributed by atoms with E-state index in [-0.39, 0.29) is 29.5 Å². The maximum Gasteiger partial charge on any atom is 0.176 e. The first-order valence-corrected chi connectivity index (χ1v) is 10.8. The molecule has 1 aliphatic heterocycles. The number of hydrogen-bond acceptors (Lipinski definition) is 4. The first-order valence-electron chi connectivity index (χ1n) is 10.8. The van der Waals surface area contributed by atoms with Gasteiger partial charge >= 0.3 is 0 Å². The molecule has 0 bridgehead atoms. The van der Waals surface area contributed by atoms with Gasteiger partial charge in [-0.15, -0.1) is 0 Å². The van der Waals surface area contributed by atoms with Crippen LogP contribution in [0.25, 0.3) is 0 Å². The van der Waals surface area contributed by atoms with Gasteiger partial charge in [0.05, 0.1) is 25.4 Å². The fourth-order valence-corrected chi connectivity index (χ4v) is 6.79. The minimum absolute atomic E-state index is 0.0362. The van der Waals surface area contributed by atoms with Crippen LogP contribution in [0.5, 0.6) is 0 Å². The molecule has 4 rings (SSSR count). The zero-order valence-electron chi connectivity index (χ0n) is 16.4. The van der Waals surface area contributed by atoms with Crippen LogP contribution in [0, 0.1) is 29.1 Å². The maximum atomic E-state index is 10.7. The second-order valence-electron chi connectivity index (χ2n) is 9.47. The molecule has 3 aliphatic carbocycles. The molecule has 0 aromatic heterocycles. The largest absolute Gasteiger partial charge is 0.393 e. The number of ether oxygens (including phenoxy) is 2. The Morgan fingerprint density at radius 1 is 1.12 bits per heavy atom. The summed E-state index contributed by atoms with van der Waals surface area (Å²) in [5, 5.41) is 21.2. The highest BCUT2D eigenvalue weighted by Gasteiger charge is 2.74. The number of rotatable bonds is 4. The van der Waals surface area contributed by atoms with Gasteiger partial charge in [0.25, 0.3) is 0 Å². The molecule has 2 N–H and O–H groups in total. The number of hydrogen-bond donors (Lipinski definition) is 2. The fraction of sp³-hybridized carbons (Fsp3) is 0.909. The second kappa shape index (κ2) is 7.20. The molecule has 6 atom stereocenters. The number of aliphatic hydroxyl groups is 2. The molecule has 4 heteroatoms. The van der Waals surface area contributed by atoms with Gasteiger partial charge in [0, 0.05) is 17.3 Å². The first-order chi connectivity index (χ1) is 12.5. The van der Waals surface area contributed by atoms with Crippen molar-refractivity contribution in [2.45, 2.75) is 83.2 Å². The van der Waals surface area contributed by atoms with Gasteiger partial charge in [-0.05, 0) is 31.1 Å². The summed E-state index contributed by atoms with van der Waals surface area (Å²) in [6.07, 6.45) is 12.4. The van der Waals surface area contributed by atoms with E-state index in [0.29, 0.717) is 25.0 Å². The predicted molar refractivity (Wildman–Crippen MR) is 100 cm³/mol. The first kappa shape index (κ1) is 18.9. The Hall–Kier alpha value is -0.420. The van der Waals surface area contributed by atoms with Gasteiger partial charge in [-0.25, -0.2) is 0 Å². The molecule has 0 amide bonds. The lowest BCUT2D eigenvalue weighted by molar-refractivity contribution is -0.380. The van der Waals surface area contributed by atoms with Gasteiger partial charge in [-0.1, -0.05) is 58.1 Å². The third-order valence-corrected chi connectivity index (χ3v) is 8.06. The summed E-state index contributed by atoms with van der Waals surface area (Å²) in [4.78, 5) is 0. The van der Waals surface area contributed by atoms with Crippen molar-refractivity contribution >= 4 is 0 Å². The Balaban J connectivity index is 1.43. The highest BCUT2D eigenvalue weighted by Crippen LogP contribution is 2.69. The molecule has 4 aliphatic rings. The summed E-state index contributed by atoms with van der Waals surface area (Å²) in [7, 11) is 0. The molecule has 0 aromatic rings. The second-order valence-corrected chi connectivity index (χ2v) is 9.47. The van der Waals surface area contributed by atoms with E-state index in [2.05, 4.69) is 19.9 Å². The normalized spacial score (nSPS) is 44.2. The van der Waals surface area contributed by atoms with Crippen molar-refractivity contribution in [3.05, 3.63) is 12.2 Å². The molecule has 4 fully saturated rings. The van der Waals surface area contributed by atoms with Gasteiger partial charge in [0.15, 0.2) is 5.79 Å². The monoisotopic (exact) mass is 364 g/mol. The Morgan fingerprint density at radius 2 is 1.81 bits per heavy atom. The van der Waals surface area contributed by atoms with Gasteiger partial charge in [-0.3, -0.25) is 0 Å². The summed E-state index contributed by atoms with van der Waals surface area (Å²) < 4.78 is 12.2. The summed E-state index contributed by atoms with van der Waals surface area (Å²) >= 11 is 0. The average molecular weight is 365 g/mol. The van der Waals surface area contributed by atoms with Crippen LogP contribution < -0.4 is 0 Å². The lowest BCUT2D eigenvalue weighted by Gasteiger charge is -2.68. The van der Waals surface area contributed by atoms with Crippen molar-refractivity contribution in [1.29, 1.82) is 0 Å². The van der Waals surface area contributed by atoms with E-state index in [4.69, 9.17) is 9.47 Å². The van der Waals surface area contributed by atoms with E-state index in [1.807, 2.05) is 6.08 Å². The van der Waals surface area contributed by atoms with E-state index >= 15 is 0 Å². The zero-order valence-corrected chi connectivity index (χ0v) is 16.4. The van der Waals surface area contributed by atoms with E-state index in [1.165, 1.54) is 32.1 Å². The maximum absolute atomic E-state index is 10.7. The standard InChI is InChI=1S/C22H36O4/c1-15-20-18(9-8-17(23)14-16-6-4-3-5-7-16)19(24)10-11-21(20,2)22(15)25-12-13-26-22/h8-9,15-20,23-24H,3-7,10-14H2,1-2H3/b9-8+/t15?,17-,18-,19+,20+,21-/m1/s1. The summed E-state index contributed by atoms with van der Waals surface area (Å²) in [6, 6.07) is 0. The molecule has 1 unspecified atom stereocenters. The predicted octanol–water partition coefficient (Wildman–Crippen LogP) is 3.66. The zero-order chi connectivity index (χ0) is 18.4. The molecule has 148 valence electrons. The molecule has 1 saturated heterocycles. The molecule has 26 heavy (non-hydrogen) atoms. The Kier molecular flexibility index (Phi) is 5.24. The van der Waals surface area contributed by atoms with Gasteiger partial charge in [0.1, 0.15) is 0 Å². The van der Waals surface area contributed by atoms with Crippen molar-refractivity contribution < 1.29 is 19.7 Å². The van der Waals surface area contributed by atoms with Crippen molar-refractivity contribution in [3.63, 3.8) is 0 Å². The number of fused-ring (bicyclic) bond motifs is 2. The van der Waals surface area contributed by atoms with Crippen LogP contribution in [-0.4, -0.2) is 41.4 Å². The quantitative estimate of drug-likeness (QED) is 0.748. The van der Waals surface area contributed by atoms with Gasteiger partial charge in [0.2, 0.25) is 0 Å². The summed E-state index contributed by atoms with van der Waals surface area (Å²) in [6.45, 7) is 5.83. The molecule has 0 radical (unpaired) electrons. The summed E-state index contributed by atoms with van der Waals surface area (Å²) in [5.41, 5.74) is -0.0362. The van der Waals surface area contributed by atoms with Crippen LogP contribution in [0.2, 0.25) is 0 Å². The Bertz CT molecular complexity index is 520. The molecular weight excluding hydrogens is 328 g/mol. The van der Waals surface area contributed by atoms with Crippen LogP contribution in [0.1, 0.15) is 65.2 Å². The highest BCUT2D eigenvalue weighted by molar-refractivity contribution is 5.20. The topological polar surface area (TPSA) is 58.9 Å². The third-order valence-electron chi connectivity index (χ3n) is 8.06. The fourth-order valence-electron chi connectivity index (χ4n) is 6.79. The molecule has 1 heterocycles.